The summed E-state index contributed by atoms with van der Waals surface area (Å²) in [7, 11) is 0. The van der Waals surface area contributed by atoms with Crippen LogP contribution in [0.4, 0.5) is 0 Å². The molecule has 0 aromatic carbocycles. The Bertz CT molecular complexity index is 379. The minimum atomic E-state index is -0.270. The predicted octanol–water partition coefficient (Wildman–Crippen LogP) is 0.777. The molecule has 0 aliphatic carbocycles. The van der Waals surface area contributed by atoms with E-state index in [1.54, 1.807) is 4.90 Å². The molecule has 0 aromatic heterocycles. The average Bonchev–Trinajstić information content (AvgIpc) is 2.93. The zero-order chi connectivity index (χ0) is 13.4. The molecule has 3 heterocycles. The standard InChI is InChI=1S/C14H22N2O3/c1-2-11-13(17)15-7-3-6-12(15)14(18)16(11)10-5-4-8-19-9-10/h10-12H,2-9H2,1H3. The molecule has 3 atom stereocenters. The van der Waals surface area contributed by atoms with Crippen molar-refractivity contribution in [2.75, 3.05) is 19.8 Å². The third-order valence-corrected chi connectivity index (χ3v) is 4.61. The minimum absolute atomic E-state index is 0.0953. The molecule has 3 unspecified atom stereocenters. The van der Waals surface area contributed by atoms with Crippen LogP contribution in [0.2, 0.25) is 0 Å². The van der Waals surface area contributed by atoms with Gasteiger partial charge >= 0.3 is 0 Å². The summed E-state index contributed by atoms with van der Waals surface area (Å²) in [5.74, 6) is 0.301. The lowest BCUT2D eigenvalue weighted by Crippen LogP contribution is -2.66. The average molecular weight is 266 g/mol. The fraction of sp³-hybridized carbons (Fsp3) is 0.857. The zero-order valence-electron chi connectivity index (χ0n) is 11.5. The largest absolute Gasteiger partial charge is 0.379 e. The van der Waals surface area contributed by atoms with Gasteiger partial charge in [0.25, 0.3) is 0 Å². The number of amides is 2. The second kappa shape index (κ2) is 5.12. The maximum atomic E-state index is 12.7. The molecule has 5 heteroatoms. The van der Waals surface area contributed by atoms with Crippen LogP contribution in [0.3, 0.4) is 0 Å². The Hall–Kier alpha value is -1.10. The first-order valence-electron chi connectivity index (χ1n) is 7.44. The summed E-state index contributed by atoms with van der Waals surface area (Å²) in [4.78, 5) is 28.9. The van der Waals surface area contributed by atoms with Gasteiger partial charge in [0.15, 0.2) is 0 Å². The van der Waals surface area contributed by atoms with E-state index < -0.39 is 0 Å². The molecule has 0 bridgehead atoms. The van der Waals surface area contributed by atoms with Crippen LogP contribution < -0.4 is 0 Å². The van der Waals surface area contributed by atoms with Crippen molar-refractivity contribution >= 4 is 11.8 Å². The number of hydrogen-bond donors (Lipinski definition) is 0. The number of carbonyl (C=O) groups excluding carboxylic acids is 2. The zero-order valence-corrected chi connectivity index (χ0v) is 11.5. The highest BCUT2D eigenvalue weighted by molar-refractivity contribution is 5.97. The van der Waals surface area contributed by atoms with E-state index in [0.29, 0.717) is 13.0 Å². The predicted molar refractivity (Wildman–Crippen MR) is 69.5 cm³/mol. The minimum Gasteiger partial charge on any atom is -0.379 e. The molecule has 0 radical (unpaired) electrons. The fourth-order valence-electron chi connectivity index (χ4n) is 3.67. The lowest BCUT2D eigenvalue weighted by Gasteiger charge is -2.46. The Balaban J connectivity index is 1.86. The second-order valence-corrected chi connectivity index (χ2v) is 5.73. The Morgan fingerprint density at radius 2 is 2.05 bits per heavy atom. The third-order valence-electron chi connectivity index (χ3n) is 4.61. The number of rotatable bonds is 2. The summed E-state index contributed by atoms with van der Waals surface area (Å²) in [5.41, 5.74) is 0. The molecule has 3 aliphatic rings. The highest BCUT2D eigenvalue weighted by Crippen LogP contribution is 2.31. The number of hydrogen-bond acceptors (Lipinski definition) is 3. The Labute approximate surface area is 113 Å². The Morgan fingerprint density at radius 3 is 2.74 bits per heavy atom. The molecule has 0 spiro atoms. The van der Waals surface area contributed by atoms with Crippen LogP contribution in [0.25, 0.3) is 0 Å². The van der Waals surface area contributed by atoms with Gasteiger partial charge in [0.2, 0.25) is 11.8 Å². The van der Waals surface area contributed by atoms with Crippen molar-refractivity contribution in [1.29, 1.82) is 0 Å². The molecule has 0 saturated carbocycles. The van der Waals surface area contributed by atoms with Gasteiger partial charge in [0.05, 0.1) is 12.6 Å². The summed E-state index contributed by atoms with van der Waals surface area (Å²) in [6.07, 6.45) is 4.42. The molecule has 106 valence electrons. The highest BCUT2D eigenvalue weighted by Gasteiger charge is 2.49. The topological polar surface area (TPSA) is 49.9 Å². The molecule has 2 amide bonds. The molecule has 3 aliphatic heterocycles. The van der Waals surface area contributed by atoms with E-state index in [0.717, 1.165) is 38.8 Å². The summed E-state index contributed by atoms with van der Waals surface area (Å²) < 4.78 is 5.50. The van der Waals surface area contributed by atoms with Gasteiger partial charge in [0.1, 0.15) is 12.1 Å². The summed E-state index contributed by atoms with van der Waals surface area (Å²) >= 11 is 0. The Morgan fingerprint density at radius 1 is 1.21 bits per heavy atom. The molecule has 0 N–H and O–H groups in total. The lowest BCUT2D eigenvalue weighted by atomic mass is 9.98. The van der Waals surface area contributed by atoms with Crippen molar-refractivity contribution < 1.29 is 14.3 Å². The molecule has 19 heavy (non-hydrogen) atoms. The Kier molecular flexibility index (Phi) is 3.48. The fourth-order valence-corrected chi connectivity index (χ4v) is 3.67. The normalized spacial score (nSPS) is 35.7. The van der Waals surface area contributed by atoms with Gasteiger partial charge in [-0.15, -0.1) is 0 Å². The van der Waals surface area contributed by atoms with Gasteiger partial charge in [-0.2, -0.15) is 0 Å². The van der Waals surface area contributed by atoms with Gasteiger partial charge in [-0.25, -0.2) is 0 Å². The van der Waals surface area contributed by atoms with E-state index in [-0.39, 0.29) is 29.9 Å². The van der Waals surface area contributed by atoms with Crippen molar-refractivity contribution in [3.8, 4) is 0 Å². The number of fused-ring (bicyclic) bond motifs is 1. The van der Waals surface area contributed by atoms with Gasteiger partial charge in [-0.1, -0.05) is 6.92 Å². The van der Waals surface area contributed by atoms with Crippen LogP contribution in [0, 0.1) is 0 Å². The van der Waals surface area contributed by atoms with E-state index in [2.05, 4.69) is 0 Å². The van der Waals surface area contributed by atoms with E-state index in [1.165, 1.54) is 0 Å². The summed E-state index contributed by atoms with van der Waals surface area (Å²) in [5, 5.41) is 0. The van der Waals surface area contributed by atoms with Crippen LogP contribution in [-0.2, 0) is 14.3 Å². The van der Waals surface area contributed by atoms with Crippen LogP contribution in [0.5, 0.6) is 0 Å². The van der Waals surface area contributed by atoms with Crippen LogP contribution in [0.1, 0.15) is 39.0 Å². The van der Waals surface area contributed by atoms with Crippen molar-refractivity contribution in [2.24, 2.45) is 0 Å². The number of nitrogens with zero attached hydrogens (tertiary/aromatic N) is 2. The third kappa shape index (κ3) is 2.04. The smallest absolute Gasteiger partial charge is 0.246 e. The van der Waals surface area contributed by atoms with E-state index >= 15 is 0 Å². The maximum absolute atomic E-state index is 12.7. The first-order valence-corrected chi connectivity index (χ1v) is 7.44. The van der Waals surface area contributed by atoms with E-state index in [1.807, 2.05) is 11.8 Å². The molecular weight excluding hydrogens is 244 g/mol. The van der Waals surface area contributed by atoms with Gasteiger partial charge in [0, 0.05) is 13.2 Å². The molecular formula is C14H22N2O3. The van der Waals surface area contributed by atoms with Crippen molar-refractivity contribution in [3.63, 3.8) is 0 Å². The van der Waals surface area contributed by atoms with Crippen molar-refractivity contribution in [2.45, 2.75) is 57.2 Å². The quantitative estimate of drug-likeness (QED) is 0.742. The summed E-state index contributed by atoms with van der Waals surface area (Å²) in [6, 6.07) is -0.372. The van der Waals surface area contributed by atoms with Crippen LogP contribution >= 0.6 is 0 Å². The maximum Gasteiger partial charge on any atom is 0.246 e. The van der Waals surface area contributed by atoms with Crippen LogP contribution in [-0.4, -0.2) is 59.5 Å². The molecule has 3 saturated heterocycles. The molecule has 0 aromatic rings. The van der Waals surface area contributed by atoms with Crippen LogP contribution in [0.15, 0.2) is 0 Å². The molecule has 3 fully saturated rings. The van der Waals surface area contributed by atoms with Crippen molar-refractivity contribution in [3.05, 3.63) is 0 Å². The summed E-state index contributed by atoms with van der Waals surface area (Å²) in [6.45, 7) is 4.10. The monoisotopic (exact) mass is 266 g/mol. The SMILES string of the molecule is CCC1C(=O)N2CCCC2C(=O)N1C1CCCOC1. The van der Waals surface area contributed by atoms with Gasteiger partial charge in [-0.3, -0.25) is 9.59 Å². The molecule has 5 nitrogen and oxygen atoms in total. The van der Waals surface area contributed by atoms with Gasteiger partial charge < -0.3 is 14.5 Å². The van der Waals surface area contributed by atoms with Crippen molar-refractivity contribution in [1.82, 2.24) is 9.80 Å². The van der Waals surface area contributed by atoms with Gasteiger partial charge in [-0.05, 0) is 32.1 Å². The number of piperazine rings is 1. The molecule has 3 rings (SSSR count). The second-order valence-electron chi connectivity index (χ2n) is 5.73. The van der Waals surface area contributed by atoms with E-state index in [4.69, 9.17) is 4.74 Å². The first kappa shape index (κ1) is 12.9. The number of ether oxygens (including phenoxy) is 1. The first-order chi connectivity index (χ1) is 9.24. The number of carbonyl (C=O) groups is 2. The van der Waals surface area contributed by atoms with E-state index in [9.17, 15) is 9.59 Å². The highest BCUT2D eigenvalue weighted by atomic mass is 16.5. The lowest BCUT2D eigenvalue weighted by molar-refractivity contribution is -0.165.